The number of unbranched alkanes of at least 4 members (excludes halogenated alkanes) is 1. The topological polar surface area (TPSA) is 12.0 Å². The Hall–Kier alpha value is -0.0400. The minimum atomic E-state index is 0.725. The van der Waals surface area contributed by atoms with Crippen LogP contribution in [0.4, 0.5) is 0 Å². The summed E-state index contributed by atoms with van der Waals surface area (Å²) < 4.78 is 0. The summed E-state index contributed by atoms with van der Waals surface area (Å²) in [5, 5.41) is 3.29. The van der Waals surface area contributed by atoms with Crippen LogP contribution in [0.3, 0.4) is 0 Å². The molecule has 0 aliphatic heterocycles. The molecule has 26 heavy (non-hydrogen) atoms. The molecular weight excluding hydrogens is 314 g/mol. The minimum absolute atomic E-state index is 0.725. The Morgan fingerprint density at radius 2 is 1.08 bits per heavy atom. The number of hydrogen-bond donors (Lipinski definition) is 1. The lowest BCUT2D eigenvalue weighted by atomic mass is 9.92. The van der Waals surface area contributed by atoms with E-state index < -0.39 is 0 Å². The lowest BCUT2D eigenvalue weighted by Crippen LogP contribution is -2.23. The highest BCUT2D eigenvalue weighted by atomic mass is 14.8. The summed E-state index contributed by atoms with van der Waals surface area (Å²) in [6.07, 6.45) is 12.6. The van der Waals surface area contributed by atoms with Crippen LogP contribution in [-0.2, 0) is 0 Å². The van der Waals surface area contributed by atoms with Crippen molar-refractivity contribution in [3.63, 3.8) is 0 Å². The van der Waals surface area contributed by atoms with E-state index in [1.807, 2.05) is 27.7 Å². The SMILES string of the molecule is CC.CC.CCC(C)C(C)CC.CCCC.CNC(C)CC1CCCC1. The van der Waals surface area contributed by atoms with Crippen molar-refractivity contribution in [1.29, 1.82) is 0 Å². The average Bonchev–Trinajstić information content (AvgIpc) is 3.23. The zero-order chi connectivity index (χ0) is 21.4. The van der Waals surface area contributed by atoms with Crippen LogP contribution in [0.15, 0.2) is 0 Å². The molecule has 3 atom stereocenters. The van der Waals surface area contributed by atoms with Crippen LogP contribution in [-0.4, -0.2) is 13.1 Å². The first kappa shape index (κ1) is 33.5. The molecule has 0 radical (unpaired) electrons. The molecule has 1 aliphatic rings. The van der Waals surface area contributed by atoms with E-state index in [9.17, 15) is 0 Å². The van der Waals surface area contributed by atoms with Gasteiger partial charge >= 0.3 is 0 Å². The largest absolute Gasteiger partial charge is 0.317 e. The summed E-state index contributed by atoms with van der Waals surface area (Å²) in [7, 11) is 2.06. The van der Waals surface area contributed by atoms with E-state index in [-0.39, 0.29) is 0 Å². The summed E-state index contributed by atoms with van der Waals surface area (Å²) in [6.45, 7) is 23.8. The molecule has 3 unspecified atom stereocenters. The maximum Gasteiger partial charge on any atom is 0.00383 e. The maximum absolute atomic E-state index is 3.29. The van der Waals surface area contributed by atoms with Crippen molar-refractivity contribution in [1.82, 2.24) is 5.32 Å². The van der Waals surface area contributed by atoms with Gasteiger partial charge in [-0.05, 0) is 38.1 Å². The fourth-order valence-electron chi connectivity index (χ4n) is 2.67. The first-order valence-corrected chi connectivity index (χ1v) is 12.1. The molecule has 0 amide bonds. The Labute approximate surface area is 170 Å². The molecule has 0 aromatic carbocycles. The fraction of sp³-hybridized carbons (Fsp3) is 1.00. The molecule has 1 N–H and O–H groups in total. The molecule has 0 aromatic heterocycles. The van der Waals surface area contributed by atoms with E-state index in [1.165, 1.54) is 57.8 Å². The smallest absolute Gasteiger partial charge is 0.00383 e. The molecule has 1 saturated carbocycles. The summed E-state index contributed by atoms with van der Waals surface area (Å²) in [5.41, 5.74) is 0. The van der Waals surface area contributed by atoms with E-state index in [0.29, 0.717) is 0 Å². The normalized spacial score (nSPS) is 16.2. The van der Waals surface area contributed by atoms with E-state index in [4.69, 9.17) is 0 Å². The standard InChI is InChI=1S/C9H19N.C8H18.C4H10.2C2H6/c1-8(10-2)7-9-5-3-4-6-9;1-5-7(3)8(4)6-2;1-3-4-2;2*1-2/h8-10H,3-7H2,1-2H3;7-8H,5-6H2,1-4H3;3-4H2,1-2H3;2*1-2H3. The lowest BCUT2D eigenvalue weighted by Gasteiger charge is -2.14. The van der Waals surface area contributed by atoms with Crippen LogP contribution in [0.25, 0.3) is 0 Å². The highest BCUT2D eigenvalue weighted by Crippen LogP contribution is 2.28. The summed E-state index contributed by atoms with van der Waals surface area (Å²) >= 11 is 0. The summed E-state index contributed by atoms with van der Waals surface area (Å²) in [5.74, 6) is 2.86. The van der Waals surface area contributed by atoms with Crippen molar-refractivity contribution >= 4 is 0 Å². The Bertz CT molecular complexity index is 186. The molecule has 1 aliphatic carbocycles. The molecule has 0 heterocycles. The molecule has 0 bridgehead atoms. The van der Waals surface area contributed by atoms with Crippen LogP contribution >= 0.6 is 0 Å². The molecular formula is C25H59N. The number of hydrogen-bond acceptors (Lipinski definition) is 1. The number of nitrogens with one attached hydrogen (secondary N) is 1. The molecule has 0 spiro atoms. The van der Waals surface area contributed by atoms with Crippen LogP contribution in [0, 0.1) is 17.8 Å². The van der Waals surface area contributed by atoms with Crippen molar-refractivity contribution in [2.24, 2.45) is 17.8 Å². The predicted molar refractivity (Wildman–Crippen MR) is 127 cm³/mol. The molecule has 1 rings (SSSR count). The van der Waals surface area contributed by atoms with Crippen LogP contribution in [0.5, 0.6) is 0 Å². The third-order valence-corrected chi connectivity index (χ3v) is 5.41. The number of rotatable bonds is 7. The molecule has 0 saturated heterocycles. The second kappa shape index (κ2) is 29.7. The zero-order valence-corrected chi connectivity index (χ0v) is 21.2. The molecule has 0 aromatic rings. The fourth-order valence-corrected chi connectivity index (χ4v) is 2.67. The van der Waals surface area contributed by atoms with Gasteiger partial charge in [0.25, 0.3) is 0 Å². The second-order valence-electron chi connectivity index (χ2n) is 7.35. The van der Waals surface area contributed by atoms with Gasteiger partial charge in [-0.15, -0.1) is 0 Å². The van der Waals surface area contributed by atoms with Gasteiger partial charge in [0.05, 0.1) is 0 Å². The first-order valence-electron chi connectivity index (χ1n) is 12.1. The molecule has 1 nitrogen and oxygen atoms in total. The van der Waals surface area contributed by atoms with Gasteiger partial charge in [-0.3, -0.25) is 0 Å². The molecule has 164 valence electrons. The zero-order valence-electron chi connectivity index (χ0n) is 21.2. The van der Waals surface area contributed by atoms with E-state index in [1.54, 1.807) is 0 Å². The third kappa shape index (κ3) is 26.2. The first-order chi connectivity index (χ1) is 12.5. The third-order valence-electron chi connectivity index (χ3n) is 5.41. The van der Waals surface area contributed by atoms with Crippen LogP contribution in [0.1, 0.15) is 134 Å². The molecule has 1 heteroatoms. The van der Waals surface area contributed by atoms with E-state index in [2.05, 4.69) is 60.8 Å². The quantitative estimate of drug-likeness (QED) is 0.469. The monoisotopic (exact) mass is 373 g/mol. The van der Waals surface area contributed by atoms with E-state index in [0.717, 1.165) is 23.8 Å². The van der Waals surface area contributed by atoms with Gasteiger partial charge in [-0.25, -0.2) is 0 Å². The highest BCUT2D eigenvalue weighted by Gasteiger charge is 2.16. The van der Waals surface area contributed by atoms with Crippen molar-refractivity contribution < 1.29 is 0 Å². The highest BCUT2D eigenvalue weighted by molar-refractivity contribution is 4.71. The Morgan fingerprint density at radius 3 is 1.31 bits per heavy atom. The summed E-state index contributed by atoms with van der Waals surface area (Å²) in [6, 6.07) is 0.725. The van der Waals surface area contributed by atoms with Gasteiger partial charge in [0.1, 0.15) is 0 Å². The average molecular weight is 374 g/mol. The van der Waals surface area contributed by atoms with Gasteiger partial charge in [0, 0.05) is 6.04 Å². The lowest BCUT2D eigenvalue weighted by molar-refractivity contribution is 0.367. The minimum Gasteiger partial charge on any atom is -0.317 e. The van der Waals surface area contributed by atoms with Crippen LogP contribution in [0.2, 0.25) is 0 Å². The van der Waals surface area contributed by atoms with Crippen molar-refractivity contribution in [2.45, 2.75) is 140 Å². The van der Waals surface area contributed by atoms with E-state index >= 15 is 0 Å². The molecule has 1 fully saturated rings. The predicted octanol–water partition coefficient (Wildman–Crippen LogP) is 9.11. The Morgan fingerprint density at radius 1 is 0.731 bits per heavy atom. The second-order valence-corrected chi connectivity index (χ2v) is 7.35. The van der Waals surface area contributed by atoms with Crippen LogP contribution < -0.4 is 5.32 Å². The Kier molecular flexibility index (Phi) is 38.3. The van der Waals surface area contributed by atoms with Crippen molar-refractivity contribution in [3.05, 3.63) is 0 Å². The van der Waals surface area contributed by atoms with Crippen molar-refractivity contribution in [3.8, 4) is 0 Å². The van der Waals surface area contributed by atoms with Gasteiger partial charge in [0.15, 0.2) is 0 Å². The van der Waals surface area contributed by atoms with Gasteiger partial charge in [-0.1, -0.05) is 121 Å². The Balaban J connectivity index is -0.000000136. The van der Waals surface area contributed by atoms with Gasteiger partial charge < -0.3 is 5.32 Å². The maximum atomic E-state index is 3.29. The van der Waals surface area contributed by atoms with Crippen molar-refractivity contribution in [2.75, 3.05) is 7.05 Å². The van der Waals surface area contributed by atoms with Gasteiger partial charge in [-0.2, -0.15) is 0 Å². The van der Waals surface area contributed by atoms with Gasteiger partial charge in [0.2, 0.25) is 0 Å². The summed E-state index contributed by atoms with van der Waals surface area (Å²) in [4.78, 5) is 0.